The Hall–Kier alpha value is -1.47. The Kier molecular flexibility index (Phi) is 7.38. The molecule has 0 amide bonds. The molecule has 2 heterocycles. The number of hydrogen-bond donors (Lipinski definition) is 1. The van der Waals surface area contributed by atoms with Crippen molar-refractivity contribution in [2.24, 2.45) is 0 Å². The van der Waals surface area contributed by atoms with Crippen LogP contribution in [0.2, 0.25) is 0 Å². The summed E-state index contributed by atoms with van der Waals surface area (Å²) in [5.74, 6) is 1.45. The molecule has 0 radical (unpaired) electrons. The lowest BCUT2D eigenvalue weighted by Crippen LogP contribution is -2.44. The van der Waals surface area contributed by atoms with Crippen molar-refractivity contribution in [1.82, 2.24) is 25.3 Å². The molecule has 3 rings (SSSR count). The Morgan fingerprint density at radius 3 is 2.64 bits per heavy atom. The Morgan fingerprint density at radius 1 is 1.28 bits per heavy atom. The van der Waals surface area contributed by atoms with Crippen LogP contribution in [-0.2, 0) is 0 Å². The number of benzene rings is 1. The van der Waals surface area contributed by atoms with E-state index in [4.69, 9.17) is 9.51 Å². The highest BCUT2D eigenvalue weighted by atomic mass is 35.5. The van der Waals surface area contributed by atoms with E-state index in [0.29, 0.717) is 5.89 Å². The van der Waals surface area contributed by atoms with Gasteiger partial charge in [-0.25, -0.2) is 0 Å². The number of rotatable bonds is 6. The minimum Gasteiger partial charge on any atom is -0.337 e. The second-order valence-electron chi connectivity index (χ2n) is 6.23. The van der Waals surface area contributed by atoms with Crippen LogP contribution in [0.15, 0.2) is 34.9 Å². The van der Waals surface area contributed by atoms with Gasteiger partial charge in [0, 0.05) is 19.6 Å². The Balaban J connectivity index is 0.00000225. The minimum atomic E-state index is 0. The van der Waals surface area contributed by atoms with Gasteiger partial charge in [0.05, 0.1) is 6.04 Å². The topological polar surface area (TPSA) is 57.4 Å². The SMILES string of the molecule is CCN(CC)C(c1ccccc1)c1nc(C2CNCCN2C)no1.Cl. The van der Waals surface area contributed by atoms with E-state index in [2.05, 4.69) is 65.4 Å². The molecule has 0 spiro atoms. The lowest BCUT2D eigenvalue weighted by atomic mass is 10.1. The molecule has 1 aromatic heterocycles. The third-order valence-electron chi connectivity index (χ3n) is 4.79. The molecule has 6 nitrogen and oxygen atoms in total. The molecule has 1 N–H and O–H groups in total. The van der Waals surface area contributed by atoms with E-state index in [1.807, 2.05) is 6.07 Å². The van der Waals surface area contributed by atoms with Gasteiger partial charge < -0.3 is 9.84 Å². The average molecular weight is 366 g/mol. The van der Waals surface area contributed by atoms with Crippen LogP contribution >= 0.6 is 12.4 Å². The zero-order valence-electron chi connectivity index (χ0n) is 15.2. The van der Waals surface area contributed by atoms with Crippen LogP contribution in [0.1, 0.15) is 43.2 Å². The van der Waals surface area contributed by atoms with Crippen molar-refractivity contribution in [2.45, 2.75) is 25.9 Å². The van der Waals surface area contributed by atoms with Crippen molar-refractivity contribution < 1.29 is 4.52 Å². The highest BCUT2D eigenvalue weighted by Crippen LogP contribution is 2.28. The smallest absolute Gasteiger partial charge is 0.248 e. The summed E-state index contributed by atoms with van der Waals surface area (Å²) in [6.07, 6.45) is 0. The lowest BCUT2D eigenvalue weighted by molar-refractivity contribution is 0.188. The van der Waals surface area contributed by atoms with Gasteiger partial charge in [0.25, 0.3) is 0 Å². The first-order valence-electron chi connectivity index (χ1n) is 8.78. The van der Waals surface area contributed by atoms with Gasteiger partial charge in [-0.1, -0.05) is 49.3 Å². The van der Waals surface area contributed by atoms with E-state index < -0.39 is 0 Å². The van der Waals surface area contributed by atoms with Crippen molar-refractivity contribution in [3.63, 3.8) is 0 Å². The minimum absolute atomic E-state index is 0. The van der Waals surface area contributed by atoms with Gasteiger partial charge in [-0.2, -0.15) is 4.98 Å². The predicted octanol–water partition coefficient (Wildman–Crippen LogP) is 2.50. The molecule has 25 heavy (non-hydrogen) atoms. The fourth-order valence-corrected chi connectivity index (χ4v) is 3.32. The molecular formula is C18H28ClN5O. The molecular weight excluding hydrogens is 338 g/mol. The molecule has 2 aromatic rings. The molecule has 1 fully saturated rings. The molecule has 1 aromatic carbocycles. The summed E-state index contributed by atoms with van der Waals surface area (Å²) < 4.78 is 5.71. The van der Waals surface area contributed by atoms with Gasteiger partial charge in [0.1, 0.15) is 6.04 Å². The predicted molar refractivity (Wildman–Crippen MR) is 101 cm³/mol. The van der Waals surface area contributed by atoms with Crippen LogP contribution in [0.25, 0.3) is 0 Å². The second kappa shape index (κ2) is 9.29. The highest BCUT2D eigenvalue weighted by Gasteiger charge is 2.30. The number of nitrogens with one attached hydrogen (secondary N) is 1. The van der Waals surface area contributed by atoms with E-state index >= 15 is 0 Å². The van der Waals surface area contributed by atoms with Crippen LogP contribution < -0.4 is 5.32 Å². The largest absolute Gasteiger partial charge is 0.337 e. The van der Waals surface area contributed by atoms with E-state index in [1.54, 1.807) is 0 Å². The van der Waals surface area contributed by atoms with E-state index in [9.17, 15) is 0 Å². The van der Waals surface area contributed by atoms with Crippen molar-refractivity contribution in [3.8, 4) is 0 Å². The normalized spacial score (nSPS) is 19.6. The lowest BCUT2D eigenvalue weighted by Gasteiger charge is -2.30. The molecule has 1 aliphatic rings. The fraction of sp³-hybridized carbons (Fsp3) is 0.556. The van der Waals surface area contributed by atoms with Gasteiger partial charge in [0.15, 0.2) is 5.82 Å². The van der Waals surface area contributed by atoms with E-state index in [1.165, 1.54) is 5.56 Å². The van der Waals surface area contributed by atoms with Crippen LogP contribution in [0.4, 0.5) is 0 Å². The van der Waals surface area contributed by atoms with Crippen LogP contribution in [0, 0.1) is 0 Å². The number of halogens is 1. The fourth-order valence-electron chi connectivity index (χ4n) is 3.32. The first kappa shape index (κ1) is 19.8. The van der Waals surface area contributed by atoms with Gasteiger partial charge >= 0.3 is 0 Å². The zero-order chi connectivity index (χ0) is 16.9. The molecule has 0 aliphatic carbocycles. The number of hydrogen-bond acceptors (Lipinski definition) is 6. The van der Waals surface area contributed by atoms with E-state index in [0.717, 1.165) is 38.5 Å². The van der Waals surface area contributed by atoms with Crippen LogP contribution in [-0.4, -0.2) is 59.7 Å². The average Bonchev–Trinajstić information content (AvgIpc) is 3.10. The second-order valence-corrected chi connectivity index (χ2v) is 6.23. The maximum absolute atomic E-state index is 5.71. The summed E-state index contributed by atoms with van der Waals surface area (Å²) in [4.78, 5) is 9.40. The number of nitrogens with zero attached hydrogens (tertiary/aromatic N) is 4. The standard InChI is InChI=1S/C18H27N5O.ClH/c1-4-23(5-2)16(14-9-7-6-8-10-14)18-20-17(21-24-18)15-13-19-11-12-22(15)3;/h6-10,15-16,19H,4-5,11-13H2,1-3H3;1H. The van der Waals surface area contributed by atoms with Gasteiger partial charge in [-0.05, 0) is 25.7 Å². The zero-order valence-corrected chi connectivity index (χ0v) is 16.0. The summed E-state index contributed by atoms with van der Waals surface area (Å²) in [6.45, 7) is 9.04. The van der Waals surface area contributed by atoms with Crippen molar-refractivity contribution in [2.75, 3.05) is 39.8 Å². The number of piperazine rings is 1. The molecule has 7 heteroatoms. The first-order chi connectivity index (χ1) is 11.7. The molecule has 2 atom stereocenters. The van der Waals surface area contributed by atoms with Crippen molar-refractivity contribution >= 4 is 12.4 Å². The molecule has 138 valence electrons. The quantitative estimate of drug-likeness (QED) is 0.848. The summed E-state index contributed by atoms with van der Waals surface area (Å²) in [5, 5.41) is 7.70. The molecule has 1 aliphatic heterocycles. The summed E-state index contributed by atoms with van der Waals surface area (Å²) >= 11 is 0. The van der Waals surface area contributed by atoms with Crippen LogP contribution in [0.5, 0.6) is 0 Å². The highest BCUT2D eigenvalue weighted by molar-refractivity contribution is 5.85. The summed E-state index contributed by atoms with van der Waals surface area (Å²) in [7, 11) is 2.11. The molecule has 0 saturated carbocycles. The first-order valence-corrected chi connectivity index (χ1v) is 8.78. The van der Waals surface area contributed by atoms with Crippen LogP contribution in [0.3, 0.4) is 0 Å². The monoisotopic (exact) mass is 365 g/mol. The Bertz CT molecular complexity index is 631. The molecule has 2 unspecified atom stereocenters. The molecule has 1 saturated heterocycles. The van der Waals surface area contributed by atoms with Crippen molar-refractivity contribution in [1.29, 1.82) is 0 Å². The van der Waals surface area contributed by atoms with Gasteiger partial charge in [-0.3, -0.25) is 9.80 Å². The maximum atomic E-state index is 5.71. The maximum Gasteiger partial charge on any atom is 0.248 e. The van der Waals surface area contributed by atoms with E-state index in [-0.39, 0.29) is 24.5 Å². The third kappa shape index (κ3) is 4.39. The third-order valence-corrected chi connectivity index (χ3v) is 4.79. The Morgan fingerprint density at radius 2 is 2.00 bits per heavy atom. The molecule has 0 bridgehead atoms. The number of likely N-dealkylation sites (N-methyl/N-ethyl adjacent to an activating group) is 1. The summed E-state index contributed by atoms with van der Waals surface area (Å²) in [6, 6.07) is 10.6. The Labute approximate surface area is 156 Å². The van der Waals surface area contributed by atoms with Gasteiger partial charge in [0.2, 0.25) is 5.89 Å². The number of aromatic nitrogens is 2. The van der Waals surface area contributed by atoms with Crippen molar-refractivity contribution in [3.05, 3.63) is 47.6 Å². The van der Waals surface area contributed by atoms with Gasteiger partial charge in [-0.15, -0.1) is 12.4 Å². The summed E-state index contributed by atoms with van der Waals surface area (Å²) in [5.41, 5.74) is 1.19.